The topological polar surface area (TPSA) is 96.5 Å². The summed E-state index contributed by atoms with van der Waals surface area (Å²) >= 11 is 4.87. The molecule has 2 aromatic rings. The van der Waals surface area contributed by atoms with Crippen LogP contribution in [0.2, 0.25) is 0 Å². The van der Waals surface area contributed by atoms with E-state index in [-0.39, 0.29) is 0 Å². The molecule has 0 aliphatic rings. The van der Waals surface area contributed by atoms with Crippen LogP contribution in [0.15, 0.2) is 6.20 Å². The van der Waals surface area contributed by atoms with Gasteiger partial charge in [0.25, 0.3) is 0 Å². The summed E-state index contributed by atoms with van der Waals surface area (Å²) < 4.78 is 0.371. The third-order valence-electron chi connectivity index (χ3n) is 1.89. The number of nitrogens with two attached hydrogens (primary N) is 2. The van der Waals surface area contributed by atoms with Crippen molar-refractivity contribution in [3.05, 3.63) is 16.5 Å². The Kier molecular flexibility index (Phi) is 1.78. The number of hydrogen-bond donors (Lipinski definition) is 4. The fourth-order valence-electron chi connectivity index (χ4n) is 1.31. The lowest BCUT2D eigenvalue weighted by atomic mass is 10.2. The van der Waals surface area contributed by atoms with Crippen LogP contribution >= 0.6 is 12.2 Å². The van der Waals surface area contributed by atoms with Gasteiger partial charge in [0.05, 0.1) is 5.39 Å². The first-order valence-electron chi connectivity index (χ1n) is 3.78. The lowest BCUT2D eigenvalue weighted by Crippen LogP contribution is -1.99. The van der Waals surface area contributed by atoms with E-state index in [2.05, 4.69) is 15.0 Å². The fourth-order valence-corrected chi connectivity index (χ4v) is 1.51. The van der Waals surface area contributed by atoms with Crippen LogP contribution in [0, 0.1) is 4.77 Å². The molecule has 0 spiro atoms. The Morgan fingerprint density at radius 3 is 3.00 bits per heavy atom. The van der Waals surface area contributed by atoms with Crippen molar-refractivity contribution in [1.82, 2.24) is 15.0 Å². The second-order valence-electron chi connectivity index (χ2n) is 2.70. The number of nitrogen functional groups attached to an aromatic ring is 1. The van der Waals surface area contributed by atoms with Crippen molar-refractivity contribution < 1.29 is 0 Å². The van der Waals surface area contributed by atoms with Crippen LogP contribution in [0.5, 0.6) is 0 Å². The van der Waals surface area contributed by atoms with Gasteiger partial charge in [-0.05, 0) is 17.8 Å². The maximum absolute atomic E-state index is 5.74. The number of anilines is 1. The second-order valence-corrected chi connectivity index (χ2v) is 3.08. The van der Waals surface area contributed by atoms with Crippen molar-refractivity contribution in [1.29, 1.82) is 0 Å². The number of hydrogen-bond acceptors (Lipinski definition) is 4. The van der Waals surface area contributed by atoms with E-state index in [1.54, 1.807) is 6.20 Å². The van der Waals surface area contributed by atoms with Crippen molar-refractivity contribution in [2.24, 2.45) is 5.73 Å². The van der Waals surface area contributed by atoms with Crippen LogP contribution in [0.4, 0.5) is 5.82 Å². The number of rotatable bonds is 1. The van der Waals surface area contributed by atoms with Crippen molar-refractivity contribution >= 4 is 29.1 Å². The first-order valence-corrected chi connectivity index (χ1v) is 4.19. The van der Waals surface area contributed by atoms with E-state index in [1.807, 2.05) is 0 Å². The summed E-state index contributed by atoms with van der Waals surface area (Å²) in [6, 6.07) is 0. The highest BCUT2D eigenvalue weighted by molar-refractivity contribution is 7.71. The molecule has 0 bridgehead atoms. The molecule has 2 aromatic heterocycles. The number of aromatic nitrogens is 3. The molecule has 0 saturated heterocycles. The van der Waals surface area contributed by atoms with E-state index in [0.29, 0.717) is 22.8 Å². The quantitative estimate of drug-likeness (QED) is 0.502. The maximum atomic E-state index is 5.74. The van der Waals surface area contributed by atoms with Crippen LogP contribution < -0.4 is 11.5 Å². The first kappa shape index (κ1) is 8.21. The molecule has 0 aliphatic carbocycles. The van der Waals surface area contributed by atoms with Crippen LogP contribution in [0.1, 0.15) is 5.56 Å². The Hall–Kier alpha value is -1.40. The monoisotopic (exact) mass is 195 g/mol. The summed E-state index contributed by atoms with van der Waals surface area (Å²) in [5.41, 5.74) is 12.9. The predicted octanol–water partition coefficient (Wildman–Crippen LogP) is 0.661. The first-order chi connectivity index (χ1) is 6.22. The normalized spacial score (nSPS) is 10.8. The highest BCUT2D eigenvalue weighted by Gasteiger charge is 2.06. The van der Waals surface area contributed by atoms with Crippen LogP contribution in [0.25, 0.3) is 11.0 Å². The molecular weight excluding hydrogens is 186 g/mol. The van der Waals surface area contributed by atoms with Gasteiger partial charge in [0.1, 0.15) is 11.5 Å². The summed E-state index contributed by atoms with van der Waals surface area (Å²) in [4.78, 5) is 9.82. The van der Waals surface area contributed by atoms with Gasteiger partial charge in [-0.25, -0.2) is 4.98 Å². The number of aromatic amines is 2. The summed E-state index contributed by atoms with van der Waals surface area (Å²) in [5.74, 6) is 0.511. The SMILES string of the molecule is NCc1c[nH]c2nc(=S)[nH]c(N)c12. The van der Waals surface area contributed by atoms with Crippen LogP contribution in [-0.4, -0.2) is 15.0 Å². The van der Waals surface area contributed by atoms with Crippen LogP contribution in [0.3, 0.4) is 0 Å². The summed E-state index contributed by atoms with van der Waals surface area (Å²) in [6.45, 7) is 0.427. The van der Waals surface area contributed by atoms with Gasteiger partial charge in [-0.3, -0.25) is 0 Å². The Bertz CT molecular complexity index is 497. The third kappa shape index (κ3) is 1.20. The van der Waals surface area contributed by atoms with E-state index < -0.39 is 0 Å². The molecular formula is C7H9N5S. The zero-order valence-corrected chi connectivity index (χ0v) is 7.61. The molecule has 0 radical (unpaired) electrons. The lowest BCUT2D eigenvalue weighted by molar-refractivity contribution is 1.08. The van der Waals surface area contributed by atoms with Crippen molar-refractivity contribution in [2.45, 2.75) is 6.54 Å². The summed E-state index contributed by atoms with van der Waals surface area (Å²) in [5, 5.41) is 0.830. The maximum Gasteiger partial charge on any atom is 0.200 e. The molecule has 2 rings (SSSR count). The number of nitrogens with one attached hydrogen (secondary N) is 2. The largest absolute Gasteiger partial charge is 0.385 e. The zero-order valence-electron chi connectivity index (χ0n) is 6.79. The molecule has 0 amide bonds. The Morgan fingerprint density at radius 1 is 1.54 bits per heavy atom. The van der Waals surface area contributed by atoms with Gasteiger partial charge in [-0.15, -0.1) is 0 Å². The molecule has 6 N–H and O–H groups in total. The van der Waals surface area contributed by atoms with E-state index in [0.717, 1.165) is 10.9 Å². The van der Waals surface area contributed by atoms with Crippen molar-refractivity contribution in [3.8, 4) is 0 Å². The molecule has 0 fully saturated rings. The standard InChI is InChI=1S/C7H9N5S/c8-1-3-2-10-6-4(3)5(9)11-7(13)12-6/h2H,1,8H2,(H4,9,10,11,12,13). The number of fused-ring (bicyclic) bond motifs is 1. The lowest BCUT2D eigenvalue weighted by Gasteiger charge is -1.97. The summed E-state index contributed by atoms with van der Waals surface area (Å²) in [7, 11) is 0. The van der Waals surface area contributed by atoms with Gasteiger partial charge in [-0.2, -0.15) is 0 Å². The van der Waals surface area contributed by atoms with E-state index in [9.17, 15) is 0 Å². The highest BCUT2D eigenvalue weighted by atomic mass is 32.1. The molecule has 68 valence electrons. The smallest absolute Gasteiger partial charge is 0.200 e. The molecule has 0 unspecified atom stereocenters. The molecule has 0 aliphatic heterocycles. The minimum Gasteiger partial charge on any atom is -0.385 e. The van der Waals surface area contributed by atoms with Gasteiger partial charge >= 0.3 is 0 Å². The Labute approximate surface area is 79.2 Å². The van der Waals surface area contributed by atoms with Gasteiger partial charge < -0.3 is 21.4 Å². The number of nitrogens with zero attached hydrogens (tertiary/aromatic N) is 1. The highest BCUT2D eigenvalue weighted by Crippen LogP contribution is 2.20. The van der Waals surface area contributed by atoms with Gasteiger partial charge in [0.2, 0.25) is 0 Å². The van der Waals surface area contributed by atoms with Crippen molar-refractivity contribution in [2.75, 3.05) is 5.73 Å². The molecule has 2 heterocycles. The van der Waals surface area contributed by atoms with Gasteiger partial charge in [0, 0.05) is 12.7 Å². The Morgan fingerprint density at radius 2 is 2.31 bits per heavy atom. The molecule has 0 saturated carbocycles. The van der Waals surface area contributed by atoms with Gasteiger partial charge in [-0.1, -0.05) is 0 Å². The minimum atomic E-state index is 0.371. The zero-order chi connectivity index (χ0) is 9.42. The average molecular weight is 195 g/mol. The molecule has 13 heavy (non-hydrogen) atoms. The minimum absolute atomic E-state index is 0.371. The van der Waals surface area contributed by atoms with Crippen molar-refractivity contribution in [3.63, 3.8) is 0 Å². The Balaban J connectivity index is 2.90. The average Bonchev–Trinajstić information content (AvgIpc) is 2.47. The summed E-state index contributed by atoms with van der Waals surface area (Å²) in [6.07, 6.45) is 1.79. The van der Waals surface area contributed by atoms with E-state index in [1.165, 1.54) is 0 Å². The fraction of sp³-hybridized carbons (Fsp3) is 0.143. The third-order valence-corrected chi connectivity index (χ3v) is 2.08. The number of H-pyrrole nitrogens is 2. The molecule has 5 nitrogen and oxygen atoms in total. The second kappa shape index (κ2) is 2.82. The van der Waals surface area contributed by atoms with E-state index in [4.69, 9.17) is 23.7 Å². The predicted molar refractivity (Wildman–Crippen MR) is 53.6 cm³/mol. The molecule has 0 aromatic carbocycles. The molecule has 0 atom stereocenters. The van der Waals surface area contributed by atoms with Gasteiger partial charge in [0.15, 0.2) is 4.77 Å². The van der Waals surface area contributed by atoms with E-state index >= 15 is 0 Å². The van der Waals surface area contributed by atoms with Crippen LogP contribution in [-0.2, 0) is 6.54 Å². The molecule has 6 heteroatoms.